The number of amides is 1. The zero-order valence-corrected chi connectivity index (χ0v) is 15.8. The van der Waals surface area contributed by atoms with Gasteiger partial charge in [0, 0.05) is 23.6 Å². The van der Waals surface area contributed by atoms with E-state index in [9.17, 15) is 14.9 Å². The molecule has 27 heavy (non-hydrogen) atoms. The lowest BCUT2D eigenvalue weighted by Crippen LogP contribution is -2.41. The number of thiophene rings is 1. The van der Waals surface area contributed by atoms with Crippen molar-refractivity contribution in [2.24, 2.45) is 0 Å². The number of piperidine rings is 1. The molecule has 1 saturated heterocycles. The van der Waals surface area contributed by atoms with Crippen molar-refractivity contribution in [3.8, 4) is 5.75 Å². The summed E-state index contributed by atoms with van der Waals surface area (Å²) in [4.78, 5) is 26.1. The SMILES string of the molecule is O=C(COc1ccc([N+](=O)[O-])cc1)NCC(c1cccs1)N1CCCCC1. The molecule has 1 N–H and O–H groups in total. The molecular formula is C19H23N3O4S. The highest BCUT2D eigenvalue weighted by atomic mass is 32.1. The van der Waals surface area contributed by atoms with Gasteiger partial charge in [-0.05, 0) is 49.5 Å². The largest absolute Gasteiger partial charge is 0.484 e. The quantitative estimate of drug-likeness (QED) is 0.553. The summed E-state index contributed by atoms with van der Waals surface area (Å²) in [6.45, 7) is 2.54. The average Bonchev–Trinajstić information content (AvgIpc) is 3.22. The van der Waals surface area contributed by atoms with E-state index in [0.717, 1.165) is 13.1 Å². The van der Waals surface area contributed by atoms with Crippen molar-refractivity contribution < 1.29 is 14.5 Å². The summed E-state index contributed by atoms with van der Waals surface area (Å²) in [6, 6.07) is 10.0. The first-order chi connectivity index (χ1) is 13.1. The van der Waals surface area contributed by atoms with Crippen LogP contribution < -0.4 is 10.1 Å². The molecule has 2 aromatic rings. The predicted octanol–water partition coefficient (Wildman–Crippen LogP) is 3.38. The zero-order valence-electron chi connectivity index (χ0n) is 15.0. The van der Waals surface area contributed by atoms with Crippen molar-refractivity contribution >= 4 is 22.9 Å². The molecule has 1 aliphatic rings. The number of hydrogen-bond acceptors (Lipinski definition) is 6. The normalized spacial score (nSPS) is 15.9. The molecule has 1 unspecified atom stereocenters. The molecule has 7 nitrogen and oxygen atoms in total. The molecule has 0 radical (unpaired) electrons. The number of nitro benzene ring substituents is 1. The van der Waals surface area contributed by atoms with E-state index in [0.29, 0.717) is 12.3 Å². The first-order valence-electron chi connectivity index (χ1n) is 9.05. The molecule has 0 saturated carbocycles. The Hall–Kier alpha value is -2.45. The highest BCUT2D eigenvalue weighted by Gasteiger charge is 2.23. The number of benzene rings is 1. The van der Waals surface area contributed by atoms with Crippen LogP contribution in [0.1, 0.15) is 30.2 Å². The van der Waals surface area contributed by atoms with Gasteiger partial charge >= 0.3 is 0 Å². The summed E-state index contributed by atoms with van der Waals surface area (Å²) in [5.74, 6) is 0.230. The van der Waals surface area contributed by atoms with Crippen LogP contribution in [0.5, 0.6) is 5.75 Å². The van der Waals surface area contributed by atoms with E-state index in [-0.39, 0.29) is 24.2 Å². The molecule has 1 fully saturated rings. The third-order valence-corrected chi connectivity index (χ3v) is 5.59. The topological polar surface area (TPSA) is 84.7 Å². The van der Waals surface area contributed by atoms with Crippen LogP contribution in [0.3, 0.4) is 0 Å². The van der Waals surface area contributed by atoms with Gasteiger partial charge in [-0.2, -0.15) is 0 Å². The molecular weight excluding hydrogens is 366 g/mol. The van der Waals surface area contributed by atoms with Crippen LogP contribution in [0, 0.1) is 10.1 Å². The van der Waals surface area contributed by atoms with E-state index in [4.69, 9.17) is 4.74 Å². The van der Waals surface area contributed by atoms with Crippen LogP contribution >= 0.6 is 11.3 Å². The van der Waals surface area contributed by atoms with Crippen LogP contribution in [-0.4, -0.2) is 42.0 Å². The Labute approximate surface area is 162 Å². The fraction of sp³-hybridized carbons (Fsp3) is 0.421. The number of carbonyl (C=O) groups excluding carboxylic acids is 1. The molecule has 1 aromatic heterocycles. The maximum Gasteiger partial charge on any atom is 0.269 e. The molecule has 0 aliphatic carbocycles. The summed E-state index contributed by atoms with van der Waals surface area (Å²) in [7, 11) is 0. The van der Waals surface area contributed by atoms with Crippen LogP contribution in [0.4, 0.5) is 5.69 Å². The number of nitrogens with zero attached hydrogens (tertiary/aromatic N) is 2. The van der Waals surface area contributed by atoms with E-state index < -0.39 is 4.92 Å². The summed E-state index contributed by atoms with van der Waals surface area (Å²) in [5, 5.41) is 15.7. The Kier molecular flexibility index (Phi) is 6.78. The number of ether oxygens (including phenoxy) is 1. The maximum atomic E-state index is 12.2. The highest BCUT2D eigenvalue weighted by molar-refractivity contribution is 7.10. The van der Waals surface area contributed by atoms with Crippen LogP contribution in [0.2, 0.25) is 0 Å². The molecule has 2 heterocycles. The zero-order chi connectivity index (χ0) is 19.1. The van der Waals surface area contributed by atoms with Crippen molar-refractivity contribution in [2.75, 3.05) is 26.2 Å². The van der Waals surface area contributed by atoms with Crippen molar-refractivity contribution in [1.29, 1.82) is 0 Å². The number of nitrogens with one attached hydrogen (secondary N) is 1. The lowest BCUT2D eigenvalue weighted by Gasteiger charge is -2.34. The Morgan fingerprint density at radius 2 is 1.96 bits per heavy atom. The lowest BCUT2D eigenvalue weighted by atomic mass is 10.1. The molecule has 8 heteroatoms. The van der Waals surface area contributed by atoms with Gasteiger partial charge in [0.05, 0.1) is 11.0 Å². The van der Waals surface area contributed by atoms with E-state index in [2.05, 4.69) is 21.7 Å². The molecule has 0 bridgehead atoms. The lowest BCUT2D eigenvalue weighted by molar-refractivity contribution is -0.384. The standard InChI is InChI=1S/C19H23N3O4S/c23-19(14-26-16-8-6-15(7-9-16)22(24)25)20-13-17(18-5-4-12-27-18)21-10-2-1-3-11-21/h4-9,12,17H,1-3,10-11,13-14H2,(H,20,23). The van der Waals surface area contributed by atoms with Crippen molar-refractivity contribution in [3.05, 3.63) is 56.8 Å². The van der Waals surface area contributed by atoms with E-state index in [1.807, 2.05) is 6.07 Å². The first kappa shape index (κ1) is 19.3. The number of likely N-dealkylation sites (tertiary alicyclic amines) is 1. The summed E-state index contributed by atoms with van der Waals surface area (Å²) in [5.41, 5.74) is -0.00729. The maximum absolute atomic E-state index is 12.2. The third kappa shape index (κ3) is 5.51. The smallest absolute Gasteiger partial charge is 0.269 e. The molecule has 1 aliphatic heterocycles. The van der Waals surface area contributed by atoms with Gasteiger partial charge in [-0.25, -0.2) is 0 Å². The molecule has 3 rings (SSSR count). The fourth-order valence-electron chi connectivity index (χ4n) is 3.20. The summed E-state index contributed by atoms with van der Waals surface area (Å²) >= 11 is 1.71. The van der Waals surface area contributed by atoms with Crippen molar-refractivity contribution in [2.45, 2.75) is 25.3 Å². The van der Waals surface area contributed by atoms with Gasteiger partial charge in [0.1, 0.15) is 5.75 Å². The van der Waals surface area contributed by atoms with Crippen LogP contribution in [0.25, 0.3) is 0 Å². The van der Waals surface area contributed by atoms with Gasteiger partial charge in [0.2, 0.25) is 0 Å². The van der Waals surface area contributed by atoms with Gasteiger partial charge in [0.15, 0.2) is 6.61 Å². The highest BCUT2D eigenvalue weighted by Crippen LogP contribution is 2.27. The van der Waals surface area contributed by atoms with Gasteiger partial charge in [-0.15, -0.1) is 11.3 Å². The Bertz CT molecular complexity index is 743. The molecule has 1 amide bonds. The molecule has 0 spiro atoms. The number of nitro groups is 1. The van der Waals surface area contributed by atoms with Crippen LogP contribution in [-0.2, 0) is 4.79 Å². The number of rotatable bonds is 8. The number of carbonyl (C=O) groups is 1. The van der Waals surface area contributed by atoms with Gasteiger partial charge in [-0.3, -0.25) is 19.8 Å². The number of hydrogen-bond donors (Lipinski definition) is 1. The minimum Gasteiger partial charge on any atom is -0.484 e. The Morgan fingerprint density at radius 1 is 1.22 bits per heavy atom. The van der Waals surface area contributed by atoms with Crippen molar-refractivity contribution in [1.82, 2.24) is 10.2 Å². The van der Waals surface area contributed by atoms with E-state index in [1.54, 1.807) is 11.3 Å². The molecule has 1 atom stereocenters. The first-order valence-corrected chi connectivity index (χ1v) is 9.93. The predicted molar refractivity (Wildman–Crippen MR) is 104 cm³/mol. The minimum absolute atomic E-state index is 0.00729. The van der Waals surface area contributed by atoms with Gasteiger partial charge in [-0.1, -0.05) is 12.5 Å². The van der Waals surface area contributed by atoms with E-state index >= 15 is 0 Å². The monoisotopic (exact) mass is 389 g/mol. The summed E-state index contributed by atoms with van der Waals surface area (Å²) < 4.78 is 5.43. The van der Waals surface area contributed by atoms with Gasteiger partial charge < -0.3 is 10.1 Å². The number of non-ortho nitro benzene ring substituents is 1. The van der Waals surface area contributed by atoms with Crippen LogP contribution in [0.15, 0.2) is 41.8 Å². The third-order valence-electron chi connectivity index (χ3n) is 4.61. The molecule has 144 valence electrons. The second-order valence-electron chi connectivity index (χ2n) is 6.47. The molecule has 1 aromatic carbocycles. The van der Waals surface area contributed by atoms with E-state index in [1.165, 1.54) is 48.4 Å². The van der Waals surface area contributed by atoms with Crippen molar-refractivity contribution in [3.63, 3.8) is 0 Å². The Balaban J connectivity index is 1.50. The summed E-state index contributed by atoms with van der Waals surface area (Å²) in [6.07, 6.45) is 3.65. The average molecular weight is 389 g/mol. The minimum atomic E-state index is -0.470. The Morgan fingerprint density at radius 3 is 2.59 bits per heavy atom. The second-order valence-corrected chi connectivity index (χ2v) is 7.45. The fourth-order valence-corrected chi connectivity index (χ4v) is 4.06. The van der Waals surface area contributed by atoms with Gasteiger partial charge in [0.25, 0.3) is 11.6 Å². The second kappa shape index (κ2) is 9.48.